The molecule has 9 heteroatoms. The molecule has 2 rings (SSSR count). The maximum atomic E-state index is 13.6. The van der Waals surface area contributed by atoms with Gasteiger partial charge in [-0.05, 0) is 38.2 Å². The Morgan fingerprint density at radius 2 is 1.57 bits per heavy atom. The summed E-state index contributed by atoms with van der Waals surface area (Å²) in [7, 11) is 1.48. The van der Waals surface area contributed by atoms with E-state index < -0.39 is 35.0 Å². The number of amides is 2. The quantitative estimate of drug-likeness (QED) is 0.560. The van der Waals surface area contributed by atoms with Crippen LogP contribution in [0.2, 0.25) is 0 Å². The lowest BCUT2D eigenvalue weighted by Crippen LogP contribution is -2.36. The number of rotatable bonds is 7. The molecule has 148 valence electrons. The van der Waals surface area contributed by atoms with E-state index in [1.807, 2.05) is 0 Å². The fraction of sp³-hybridized carbons (Fsp3) is 0.211. The maximum absolute atomic E-state index is 13.6. The van der Waals surface area contributed by atoms with E-state index in [2.05, 4.69) is 10.6 Å². The molecule has 0 aliphatic heterocycles. The Kier molecular flexibility index (Phi) is 6.89. The fourth-order valence-electron chi connectivity index (χ4n) is 2.37. The van der Waals surface area contributed by atoms with Crippen molar-refractivity contribution < 1.29 is 27.6 Å². The van der Waals surface area contributed by atoms with E-state index >= 15 is 0 Å². The Bertz CT molecular complexity index is 919. The minimum Gasteiger partial charge on any atom is -0.325 e. The Morgan fingerprint density at radius 1 is 0.929 bits per heavy atom. The van der Waals surface area contributed by atoms with Crippen LogP contribution in [0.1, 0.15) is 17.3 Å². The normalized spacial score (nSPS) is 10.6. The highest BCUT2D eigenvalue weighted by Crippen LogP contribution is 2.19. The topological polar surface area (TPSA) is 78.5 Å². The molecule has 0 bridgehead atoms. The number of ketones is 1. The van der Waals surface area contributed by atoms with Crippen LogP contribution in [0.25, 0.3) is 0 Å². The van der Waals surface area contributed by atoms with Crippen LogP contribution in [-0.2, 0) is 9.59 Å². The Balaban J connectivity index is 1.89. The standard InChI is InChI=1S/C19H18F3N3O3/c1-11(26)12-4-3-5-13(8-12)23-16(27)9-25(2)10-17(28)24-15-7-6-14(20)18(21)19(15)22/h3-8H,9-10H2,1-2H3,(H,23,27)(H,24,28). The van der Waals surface area contributed by atoms with Gasteiger partial charge in [-0.1, -0.05) is 12.1 Å². The fourth-order valence-corrected chi connectivity index (χ4v) is 2.37. The highest BCUT2D eigenvalue weighted by atomic mass is 19.2. The summed E-state index contributed by atoms with van der Waals surface area (Å²) in [5.41, 5.74) is 0.376. The molecule has 0 aliphatic carbocycles. The average molecular weight is 393 g/mol. The van der Waals surface area contributed by atoms with Crippen LogP contribution in [0.5, 0.6) is 0 Å². The van der Waals surface area contributed by atoms with Crippen molar-refractivity contribution in [1.29, 1.82) is 0 Å². The minimum atomic E-state index is -1.68. The average Bonchev–Trinajstić information content (AvgIpc) is 2.62. The summed E-state index contributed by atoms with van der Waals surface area (Å²) in [4.78, 5) is 36.7. The van der Waals surface area contributed by atoms with Crippen LogP contribution in [-0.4, -0.2) is 42.6 Å². The van der Waals surface area contributed by atoms with Crippen LogP contribution in [0.4, 0.5) is 24.5 Å². The third-order valence-corrected chi connectivity index (χ3v) is 3.69. The van der Waals surface area contributed by atoms with E-state index in [4.69, 9.17) is 0 Å². The monoisotopic (exact) mass is 393 g/mol. The molecule has 0 saturated carbocycles. The van der Waals surface area contributed by atoms with E-state index in [-0.39, 0.29) is 18.9 Å². The molecule has 0 unspecified atom stereocenters. The van der Waals surface area contributed by atoms with Crippen LogP contribution in [0.3, 0.4) is 0 Å². The summed E-state index contributed by atoms with van der Waals surface area (Å²) in [6, 6.07) is 7.98. The molecule has 28 heavy (non-hydrogen) atoms. The highest BCUT2D eigenvalue weighted by Gasteiger charge is 2.17. The molecule has 0 saturated heterocycles. The summed E-state index contributed by atoms with van der Waals surface area (Å²) >= 11 is 0. The van der Waals surface area contributed by atoms with Gasteiger partial charge in [0.1, 0.15) is 0 Å². The first-order valence-electron chi connectivity index (χ1n) is 8.20. The van der Waals surface area contributed by atoms with E-state index in [0.717, 1.165) is 6.07 Å². The van der Waals surface area contributed by atoms with Gasteiger partial charge in [0.25, 0.3) is 0 Å². The van der Waals surface area contributed by atoms with Gasteiger partial charge in [-0.15, -0.1) is 0 Å². The summed E-state index contributed by atoms with van der Waals surface area (Å²) in [5.74, 6) is -5.83. The first-order valence-corrected chi connectivity index (χ1v) is 8.20. The lowest BCUT2D eigenvalue weighted by atomic mass is 10.1. The van der Waals surface area contributed by atoms with Gasteiger partial charge in [0, 0.05) is 11.3 Å². The second-order valence-corrected chi connectivity index (χ2v) is 6.13. The number of likely N-dealkylation sites (N-methyl/N-ethyl adjacent to an activating group) is 1. The Labute approximate surface area is 159 Å². The number of benzene rings is 2. The van der Waals surface area contributed by atoms with Crippen molar-refractivity contribution >= 4 is 29.0 Å². The number of hydrogen-bond acceptors (Lipinski definition) is 4. The number of nitrogens with zero attached hydrogens (tertiary/aromatic N) is 1. The molecule has 2 amide bonds. The molecule has 2 aromatic rings. The lowest BCUT2D eigenvalue weighted by molar-refractivity contribution is -0.119. The van der Waals surface area contributed by atoms with E-state index in [0.29, 0.717) is 17.3 Å². The van der Waals surface area contributed by atoms with Crippen molar-refractivity contribution in [3.05, 3.63) is 59.4 Å². The molecule has 0 radical (unpaired) electrons. The molecular formula is C19H18F3N3O3. The number of Topliss-reactive ketones (excluding diaryl/α,β-unsaturated/α-hetero) is 1. The van der Waals surface area contributed by atoms with Crippen LogP contribution < -0.4 is 10.6 Å². The first kappa shape index (κ1) is 21.1. The van der Waals surface area contributed by atoms with Gasteiger partial charge >= 0.3 is 0 Å². The van der Waals surface area contributed by atoms with Crippen LogP contribution in [0.15, 0.2) is 36.4 Å². The molecule has 6 nitrogen and oxygen atoms in total. The molecule has 2 aromatic carbocycles. The number of anilines is 2. The van der Waals surface area contributed by atoms with Gasteiger partial charge in [-0.2, -0.15) is 0 Å². The molecule has 0 fully saturated rings. The SMILES string of the molecule is CC(=O)c1cccc(NC(=O)CN(C)CC(=O)Nc2ccc(F)c(F)c2F)c1. The minimum absolute atomic E-state index is 0.144. The zero-order chi connectivity index (χ0) is 20.8. The van der Waals surface area contributed by atoms with Gasteiger partial charge < -0.3 is 10.6 Å². The molecule has 0 aromatic heterocycles. The van der Waals surface area contributed by atoms with Crippen LogP contribution in [0, 0.1) is 17.5 Å². The summed E-state index contributed by atoms with van der Waals surface area (Å²) in [6.07, 6.45) is 0. The van der Waals surface area contributed by atoms with Gasteiger partial charge in [0.15, 0.2) is 23.2 Å². The van der Waals surface area contributed by atoms with Crippen molar-refractivity contribution in [1.82, 2.24) is 4.90 Å². The van der Waals surface area contributed by atoms with Gasteiger partial charge in [-0.25, -0.2) is 13.2 Å². The first-order chi connectivity index (χ1) is 13.2. The number of hydrogen-bond donors (Lipinski definition) is 2. The zero-order valence-corrected chi connectivity index (χ0v) is 15.2. The molecule has 0 heterocycles. The number of carbonyl (C=O) groups excluding carboxylic acids is 3. The molecule has 0 spiro atoms. The van der Waals surface area contributed by atoms with Crippen LogP contribution >= 0.6 is 0 Å². The predicted octanol–water partition coefficient (Wildman–Crippen LogP) is 2.82. The van der Waals surface area contributed by atoms with Gasteiger partial charge in [0.05, 0.1) is 18.8 Å². The molecular weight excluding hydrogens is 375 g/mol. The second-order valence-electron chi connectivity index (χ2n) is 6.13. The Hall–Kier alpha value is -3.20. The van der Waals surface area contributed by atoms with Crippen molar-refractivity contribution in [2.45, 2.75) is 6.92 Å². The lowest BCUT2D eigenvalue weighted by Gasteiger charge is -2.16. The molecule has 2 N–H and O–H groups in total. The maximum Gasteiger partial charge on any atom is 0.238 e. The summed E-state index contributed by atoms with van der Waals surface area (Å²) < 4.78 is 39.6. The zero-order valence-electron chi connectivity index (χ0n) is 15.2. The third-order valence-electron chi connectivity index (χ3n) is 3.69. The largest absolute Gasteiger partial charge is 0.325 e. The second kappa shape index (κ2) is 9.14. The smallest absolute Gasteiger partial charge is 0.238 e. The number of nitrogens with one attached hydrogen (secondary N) is 2. The van der Waals surface area contributed by atoms with Gasteiger partial charge in [0.2, 0.25) is 11.8 Å². The summed E-state index contributed by atoms with van der Waals surface area (Å²) in [5, 5.41) is 4.72. The Morgan fingerprint density at radius 3 is 2.21 bits per heavy atom. The van der Waals surface area contributed by atoms with E-state index in [1.165, 1.54) is 24.9 Å². The summed E-state index contributed by atoms with van der Waals surface area (Å²) in [6.45, 7) is 0.945. The van der Waals surface area contributed by atoms with Gasteiger partial charge in [-0.3, -0.25) is 19.3 Å². The van der Waals surface area contributed by atoms with E-state index in [1.54, 1.807) is 18.2 Å². The van der Waals surface area contributed by atoms with Crippen molar-refractivity contribution in [3.63, 3.8) is 0 Å². The van der Waals surface area contributed by atoms with Crippen molar-refractivity contribution in [2.75, 3.05) is 30.8 Å². The molecule has 0 aliphatic rings. The predicted molar refractivity (Wildman–Crippen MR) is 97.5 cm³/mol. The van der Waals surface area contributed by atoms with Crippen molar-refractivity contribution in [3.8, 4) is 0 Å². The number of halogens is 3. The molecule has 0 atom stereocenters. The van der Waals surface area contributed by atoms with Crippen molar-refractivity contribution in [2.24, 2.45) is 0 Å². The van der Waals surface area contributed by atoms with E-state index in [9.17, 15) is 27.6 Å². The highest BCUT2D eigenvalue weighted by molar-refractivity contribution is 5.98. The number of carbonyl (C=O) groups is 3. The third kappa shape index (κ3) is 5.65.